The molecule has 1 amide bonds. The quantitative estimate of drug-likeness (QED) is 0.732. The number of piperidine rings is 1. The Morgan fingerprint density at radius 3 is 2.56 bits per heavy atom. The van der Waals surface area contributed by atoms with Crippen LogP contribution in [0.5, 0.6) is 0 Å². The van der Waals surface area contributed by atoms with Crippen LogP contribution in [0, 0.1) is 5.92 Å². The van der Waals surface area contributed by atoms with Gasteiger partial charge in [-0.1, -0.05) is 37.3 Å². The third-order valence-electron chi connectivity index (χ3n) is 3.97. The van der Waals surface area contributed by atoms with Crippen LogP contribution in [-0.2, 0) is 20.8 Å². The molecular formula is C20H31NO4. The van der Waals surface area contributed by atoms with Gasteiger partial charge in [0.05, 0.1) is 32.5 Å². The molecule has 1 aliphatic heterocycles. The maximum absolute atomic E-state index is 12.3. The van der Waals surface area contributed by atoms with Crippen molar-refractivity contribution in [1.29, 1.82) is 0 Å². The Morgan fingerprint density at radius 2 is 1.88 bits per heavy atom. The number of amides is 1. The molecule has 0 spiro atoms. The molecule has 1 aliphatic rings. The zero-order valence-electron chi connectivity index (χ0n) is 15.9. The largest absolute Gasteiger partial charge is 0.444 e. The minimum Gasteiger partial charge on any atom is -0.444 e. The van der Waals surface area contributed by atoms with Crippen LogP contribution in [0.15, 0.2) is 30.3 Å². The topological polar surface area (TPSA) is 48.0 Å². The Morgan fingerprint density at radius 1 is 1.16 bits per heavy atom. The number of rotatable bonds is 6. The van der Waals surface area contributed by atoms with Crippen molar-refractivity contribution in [3.8, 4) is 0 Å². The maximum atomic E-state index is 12.3. The minimum absolute atomic E-state index is 0.0385. The van der Waals surface area contributed by atoms with E-state index in [-0.39, 0.29) is 12.2 Å². The second-order valence-corrected chi connectivity index (χ2v) is 7.76. The second kappa shape index (κ2) is 9.20. The highest BCUT2D eigenvalue weighted by Crippen LogP contribution is 2.21. The molecule has 0 saturated carbocycles. The summed E-state index contributed by atoms with van der Waals surface area (Å²) in [6, 6.07) is 10.1. The molecule has 2 atom stereocenters. The normalized spacial score (nSPS) is 21.2. The number of hydrogen-bond donors (Lipinski definition) is 0. The first-order valence-electron chi connectivity index (χ1n) is 9.04. The summed E-state index contributed by atoms with van der Waals surface area (Å²) in [5.41, 5.74) is 0.684. The molecule has 1 fully saturated rings. The van der Waals surface area contributed by atoms with E-state index in [0.717, 1.165) is 18.5 Å². The molecule has 2 rings (SSSR count). The molecule has 25 heavy (non-hydrogen) atoms. The van der Waals surface area contributed by atoms with Crippen LogP contribution in [0.1, 0.15) is 39.7 Å². The summed E-state index contributed by atoms with van der Waals surface area (Å²) in [4.78, 5) is 14.0. The van der Waals surface area contributed by atoms with Crippen molar-refractivity contribution < 1.29 is 19.0 Å². The maximum Gasteiger partial charge on any atom is 0.410 e. The van der Waals surface area contributed by atoms with Crippen molar-refractivity contribution in [2.75, 3.05) is 26.3 Å². The molecule has 140 valence electrons. The van der Waals surface area contributed by atoms with Gasteiger partial charge in [-0.3, -0.25) is 0 Å². The van der Waals surface area contributed by atoms with Gasteiger partial charge in [0.2, 0.25) is 0 Å². The van der Waals surface area contributed by atoms with E-state index in [1.54, 1.807) is 4.90 Å². The zero-order valence-corrected chi connectivity index (χ0v) is 15.9. The molecule has 5 nitrogen and oxygen atoms in total. The SMILES string of the molecule is CC1CC(OCCOCc2ccccc2)CN(C(=O)OC(C)(C)C)C1. The number of carbonyl (C=O) groups is 1. The summed E-state index contributed by atoms with van der Waals surface area (Å²) >= 11 is 0. The molecule has 1 aromatic carbocycles. The van der Waals surface area contributed by atoms with Crippen LogP contribution >= 0.6 is 0 Å². The lowest BCUT2D eigenvalue weighted by Gasteiger charge is -2.37. The fourth-order valence-electron chi connectivity index (χ4n) is 2.93. The number of carbonyl (C=O) groups excluding carboxylic acids is 1. The van der Waals surface area contributed by atoms with Crippen LogP contribution < -0.4 is 0 Å². The third kappa shape index (κ3) is 7.45. The predicted molar refractivity (Wildman–Crippen MR) is 97.4 cm³/mol. The number of hydrogen-bond acceptors (Lipinski definition) is 4. The van der Waals surface area contributed by atoms with Gasteiger partial charge < -0.3 is 19.1 Å². The smallest absolute Gasteiger partial charge is 0.410 e. The number of benzene rings is 1. The molecule has 0 aliphatic carbocycles. The molecule has 1 saturated heterocycles. The molecule has 0 aromatic heterocycles. The monoisotopic (exact) mass is 349 g/mol. The van der Waals surface area contributed by atoms with E-state index < -0.39 is 5.60 Å². The van der Waals surface area contributed by atoms with Gasteiger partial charge in [-0.25, -0.2) is 4.79 Å². The van der Waals surface area contributed by atoms with E-state index in [4.69, 9.17) is 14.2 Å². The van der Waals surface area contributed by atoms with Gasteiger partial charge in [0.1, 0.15) is 5.60 Å². The summed E-state index contributed by atoms with van der Waals surface area (Å²) in [5.74, 6) is 0.400. The first-order valence-corrected chi connectivity index (χ1v) is 9.04. The van der Waals surface area contributed by atoms with Gasteiger partial charge in [-0.05, 0) is 38.7 Å². The van der Waals surface area contributed by atoms with Crippen molar-refractivity contribution in [3.05, 3.63) is 35.9 Å². The lowest BCUT2D eigenvalue weighted by atomic mass is 9.98. The van der Waals surface area contributed by atoms with E-state index in [1.165, 1.54) is 0 Å². The van der Waals surface area contributed by atoms with Crippen molar-refractivity contribution >= 4 is 6.09 Å². The summed E-state index contributed by atoms with van der Waals surface area (Å²) in [6.45, 7) is 10.8. The van der Waals surface area contributed by atoms with E-state index in [0.29, 0.717) is 32.3 Å². The van der Waals surface area contributed by atoms with Gasteiger partial charge in [0, 0.05) is 6.54 Å². The summed E-state index contributed by atoms with van der Waals surface area (Å²) in [5, 5.41) is 0. The van der Waals surface area contributed by atoms with Gasteiger partial charge in [-0.2, -0.15) is 0 Å². The fourth-order valence-corrected chi connectivity index (χ4v) is 2.93. The van der Waals surface area contributed by atoms with Crippen molar-refractivity contribution in [1.82, 2.24) is 4.90 Å². The lowest BCUT2D eigenvalue weighted by Crippen LogP contribution is -2.48. The third-order valence-corrected chi connectivity index (χ3v) is 3.97. The Bertz CT molecular complexity index is 526. The predicted octanol–water partition coefficient (Wildman–Crippen LogP) is 3.87. The molecule has 0 bridgehead atoms. The Labute approximate surface area is 151 Å². The number of nitrogens with zero attached hydrogens (tertiary/aromatic N) is 1. The molecule has 1 heterocycles. The summed E-state index contributed by atoms with van der Waals surface area (Å²) in [6.07, 6.45) is 0.738. The van der Waals surface area contributed by atoms with Crippen LogP contribution in [-0.4, -0.2) is 49.0 Å². The Kier molecular flexibility index (Phi) is 7.26. The molecular weight excluding hydrogens is 318 g/mol. The van der Waals surface area contributed by atoms with Gasteiger partial charge in [-0.15, -0.1) is 0 Å². The van der Waals surface area contributed by atoms with E-state index in [9.17, 15) is 4.79 Å². The van der Waals surface area contributed by atoms with Crippen LogP contribution in [0.25, 0.3) is 0 Å². The lowest BCUT2D eigenvalue weighted by molar-refractivity contribution is -0.0483. The van der Waals surface area contributed by atoms with Crippen LogP contribution in [0.4, 0.5) is 4.79 Å². The molecule has 2 unspecified atom stereocenters. The van der Waals surface area contributed by atoms with E-state index >= 15 is 0 Å². The Hall–Kier alpha value is -1.59. The highest BCUT2D eigenvalue weighted by Gasteiger charge is 2.31. The first kappa shape index (κ1) is 19.7. The van der Waals surface area contributed by atoms with Crippen molar-refractivity contribution in [3.63, 3.8) is 0 Å². The minimum atomic E-state index is -0.473. The van der Waals surface area contributed by atoms with Gasteiger partial charge >= 0.3 is 6.09 Å². The molecule has 0 radical (unpaired) electrons. The first-order chi connectivity index (χ1) is 11.8. The molecule has 1 aromatic rings. The second-order valence-electron chi connectivity index (χ2n) is 7.76. The van der Waals surface area contributed by atoms with Crippen molar-refractivity contribution in [2.45, 2.75) is 52.4 Å². The molecule has 0 N–H and O–H groups in total. The molecule has 5 heteroatoms. The highest BCUT2D eigenvalue weighted by molar-refractivity contribution is 5.68. The summed E-state index contributed by atoms with van der Waals surface area (Å²) in [7, 11) is 0. The number of likely N-dealkylation sites (tertiary alicyclic amines) is 1. The fraction of sp³-hybridized carbons (Fsp3) is 0.650. The standard InChI is InChI=1S/C20H31NO4/c1-16-12-18(14-21(13-16)19(22)25-20(2,3)4)24-11-10-23-15-17-8-6-5-7-9-17/h5-9,16,18H,10-15H2,1-4H3. The van der Waals surface area contributed by atoms with Gasteiger partial charge in [0.15, 0.2) is 0 Å². The average molecular weight is 349 g/mol. The van der Waals surface area contributed by atoms with Crippen molar-refractivity contribution in [2.24, 2.45) is 5.92 Å². The van der Waals surface area contributed by atoms with Crippen LogP contribution in [0.3, 0.4) is 0 Å². The average Bonchev–Trinajstić information content (AvgIpc) is 2.53. The Balaban J connectivity index is 1.69. The van der Waals surface area contributed by atoms with E-state index in [2.05, 4.69) is 6.92 Å². The van der Waals surface area contributed by atoms with Crippen LogP contribution in [0.2, 0.25) is 0 Å². The zero-order chi connectivity index (χ0) is 18.3. The van der Waals surface area contributed by atoms with Gasteiger partial charge in [0.25, 0.3) is 0 Å². The summed E-state index contributed by atoms with van der Waals surface area (Å²) < 4.78 is 17.0. The highest BCUT2D eigenvalue weighted by atomic mass is 16.6. The van der Waals surface area contributed by atoms with E-state index in [1.807, 2.05) is 51.1 Å². The number of ether oxygens (including phenoxy) is 3.